The fraction of sp³-hybridized carbons (Fsp3) is 0.417. The second-order valence-corrected chi connectivity index (χ2v) is 6.82. The van der Waals surface area contributed by atoms with Gasteiger partial charge < -0.3 is 10.6 Å². The summed E-state index contributed by atoms with van der Waals surface area (Å²) < 4.78 is 40.1. The molecule has 0 saturated carbocycles. The first-order valence-electron chi connectivity index (χ1n) is 6.27. The van der Waals surface area contributed by atoms with Crippen molar-refractivity contribution in [2.45, 2.75) is 10.9 Å². The highest BCUT2D eigenvalue weighted by molar-refractivity contribution is 7.89. The Hall–Kier alpha value is -1.22. The number of carbonyl (C=O) groups is 1. The number of rotatable bonds is 3. The fourth-order valence-electron chi connectivity index (χ4n) is 2.17. The molecular weight excluding hydrogens is 321 g/mol. The molecule has 1 aliphatic heterocycles. The lowest BCUT2D eigenvalue weighted by Crippen LogP contribution is -2.59. The molecule has 0 spiro atoms. The molecule has 116 valence electrons. The third-order valence-corrected chi connectivity index (χ3v) is 5.40. The number of sulfonamides is 1. The van der Waals surface area contributed by atoms with E-state index in [0.717, 1.165) is 16.4 Å². The summed E-state index contributed by atoms with van der Waals surface area (Å²) in [6.07, 6.45) is 0. The summed E-state index contributed by atoms with van der Waals surface area (Å²) >= 11 is 5.63. The second kappa shape index (κ2) is 6.27. The monoisotopic (exact) mass is 335 g/mol. The van der Waals surface area contributed by atoms with Crippen molar-refractivity contribution in [3.63, 3.8) is 0 Å². The van der Waals surface area contributed by atoms with Crippen LogP contribution in [-0.4, -0.2) is 51.4 Å². The maximum Gasteiger partial charge on any atom is 0.246 e. The van der Waals surface area contributed by atoms with Crippen LogP contribution in [0.4, 0.5) is 4.39 Å². The molecule has 2 N–H and O–H groups in total. The van der Waals surface area contributed by atoms with E-state index >= 15 is 0 Å². The van der Waals surface area contributed by atoms with Gasteiger partial charge in [-0.05, 0) is 18.2 Å². The van der Waals surface area contributed by atoms with Gasteiger partial charge in [0.15, 0.2) is 0 Å². The van der Waals surface area contributed by atoms with Gasteiger partial charge in [-0.15, -0.1) is 0 Å². The van der Waals surface area contributed by atoms with Crippen molar-refractivity contribution in [3.8, 4) is 0 Å². The molecule has 0 radical (unpaired) electrons. The van der Waals surface area contributed by atoms with E-state index in [1.54, 1.807) is 0 Å². The molecule has 1 heterocycles. The van der Waals surface area contributed by atoms with E-state index in [-0.39, 0.29) is 18.1 Å². The zero-order valence-electron chi connectivity index (χ0n) is 11.3. The Morgan fingerprint density at radius 3 is 2.86 bits per heavy atom. The number of hydrogen-bond acceptors (Lipinski definition) is 4. The summed E-state index contributed by atoms with van der Waals surface area (Å²) in [5.74, 6) is -1.38. The summed E-state index contributed by atoms with van der Waals surface area (Å²) in [7, 11) is -2.69. The minimum absolute atomic E-state index is 0.0858. The average molecular weight is 336 g/mol. The maximum absolute atomic E-state index is 13.9. The van der Waals surface area contributed by atoms with Gasteiger partial charge in [-0.1, -0.05) is 11.6 Å². The molecule has 1 aromatic carbocycles. The summed E-state index contributed by atoms with van der Waals surface area (Å²) in [5, 5.41) is 5.46. The molecule has 0 bridgehead atoms. The highest BCUT2D eigenvalue weighted by atomic mass is 35.5. The van der Waals surface area contributed by atoms with E-state index in [2.05, 4.69) is 10.6 Å². The Kier molecular flexibility index (Phi) is 4.82. The number of benzene rings is 1. The molecule has 1 saturated heterocycles. The van der Waals surface area contributed by atoms with Gasteiger partial charge in [0, 0.05) is 31.7 Å². The lowest BCUT2D eigenvalue weighted by Gasteiger charge is -2.33. The predicted molar refractivity (Wildman–Crippen MR) is 76.0 cm³/mol. The lowest BCUT2D eigenvalue weighted by molar-refractivity contribution is -0.124. The first kappa shape index (κ1) is 16.2. The van der Waals surface area contributed by atoms with Gasteiger partial charge in [-0.3, -0.25) is 4.79 Å². The Labute approximate surface area is 127 Å². The molecule has 9 heteroatoms. The van der Waals surface area contributed by atoms with E-state index in [4.69, 9.17) is 11.6 Å². The molecule has 1 aromatic rings. The van der Waals surface area contributed by atoms with Crippen LogP contribution in [0.2, 0.25) is 5.02 Å². The Morgan fingerprint density at radius 2 is 2.24 bits per heavy atom. The molecule has 6 nitrogen and oxygen atoms in total. The first-order valence-corrected chi connectivity index (χ1v) is 8.09. The van der Waals surface area contributed by atoms with E-state index in [1.165, 1.54) is 13.1 Å². The molecule has 21 heavy (non-hydrogen) atoms. The summed E-state index contributed by atoms with van der Waals surface area (Å²) in [6, 6.07) is 2.43. The van der Waals surface area contributed by atoms with Crippen LogP contribution >= 0.6 is 11.6 Å². The van der Waals surface area contributed by atoms with Crippen molar-refractivity contribution in [2.75, 3.05) is 26.7 Å². The van der Waals surface area contributed by atoms with Crippen LogP contribution in [0.5, 0.6) is 0 Å². The Balaban J connectivity index is 2.43. The maximum atomic E-state index is 13.9. The largest absolute Gasteiger partial charge is 0.358 e. The van der Waals surface area contributed by atoms with Crippen LogP contribution in [0, 0.1) is 5.82 Å². The van der Waals surface area contributed by atoms with Gasteiger partial charge in [0.2, 0.25) is 15.9 Å². The number of carbonyl (C=O) groups excluding carboxylic acids is 1. The van der Waals surface area contributed by atoms with Gasteiger partial charge in [0.05, 0.1) is 0 Å². The van der Waals surface area contributed by atoms with Gasteiger partial charge >= 0.3 is 0 Å². The molecule has 1 aliphatic rings. The van der Waals surface area contributed by atoms with Crippen molar-refractivity contribution in [1.29, 1.82) is 0 Å². The molecule has 1 unspecified atom stereocenters. The van der Waals surface area contributed by atoms with Gasteiger partial charge in [-0.25, -0.2) is 12.8 Å². The highest BCUT2D eigenvalue weighted by Gasteiger charge is 2.38. The van der Waals surface area contributed by atoms with E-state index < -0.39 is 32.7 Å². The number of nitrogens with one attached hydrogen (secondary N) is 2. The predicted octanol–water partition coefficient (Wildman–Crippen LogP) is 0.188. The zero-order valence-corrected chi connectivity index (χ0v) is 12.8. The Bertz CT molecular complexity index is 653. The van der Waals surface area contributed by atoms with Crippen molar-refractivity contribution >= 4 is 27.5 Å². The number of nitrogens with zero attached hydrogens (tertiary/aromatic N) is 1. The standard InChI is InChI=1S/C12H15ClFN3O3S/c1-15-12(18)10-7-16-4-5-17(10)21(19,20)11-3-2-8(13)6-9(11)14/h2-3,6,10,16H,4-5,7H2,1H3,(H,15,18). The lowest BCUT2D eigenvalue weighted by atomic mass is 10.2. The summed E-state index contributed by atoms with van der Waals surface area (Å²) in [5.41, 5.74) is 0. The zero-order chi connectivity index (χ0) is 15.6. The first-order chi connectivity index (χ1) is 9.87. The van der Waals surface area contributed by atoms with Crippen LogP contribution in [0.15, 0.2) is 23.1 Å². The number of hydrogen-bond donors (Lipinski definition) is 2. The average Bonchev–Trinajstić information content (AvgIpc) is 2.46. The van der Waals surface area contributed by atoms with Crippen molar-refractivity contribution in [2.24, 2.45) is 0 Å². The van der Waals surface area contributed by atoms with Crippen molar-refractivity contribution < 1.29 is 17.6 Å². The van der Waals surface area contributed by atoms with Crippen LogP contribution in [-0.2, 0) is 14.8 Å². The summed E-state index contributed by atoms with van der Waals surface area (Å²) in [6.45, 7) is 0.651. The molecule has 2 rings (SSSR count). The highest BCUT2D eigenvalue weighted by Crippen LogP contribution is 2.24. The van der Waals surface area contributed by atoms with Crippen LogP contribution in [0.1, 0.15) is 0 Å². The Morgan fingerprint density at radius 1 is 1.52 bits per heavy atom. The van der Waals surface area contributed by atoms with Crippen LogP contribution in [0.25, 0.3) is 0 Å². The topological polar surface area (TPSA) is 78.5 Å². The molecule has 0 aliphatic carbocycles. The molecule has 1 atom stereocenters. The third kappa shape index (κ3) is 3.18. The minimum atomic E-state index is -4.11. The third-order valence-electron chi connectivity index (χ3n) is 3.22. The SMILES string of the molecule is CNC(=O)C1CNCCN1S(=O)(=O)c1ccc(Cl)cc1F. The van der Waals surface area contributed by atoms with E-state index in [0.29, 0.717) is 6.54 Å². The van der Waals surface area contributed by atoms with E-state index in [1.807, 2.05) is 0 Å². The molecule has 1 fully saturated rings. The second-order valence-electron chi connectivity index (χ2n) is 4.52. The quantitative estimate of drug-likeness (QED) is 0.826. The smallest absolute Gasteiger partial charge is 0.246 e. The summed E-state index contributed by atoms with van der Waals surface area (Å²) in [4.78, 5) is 11.3. The number of likely N-dealkylation sites (N-methyl/N-ethyl adjacent to an activating group) is 1. The van der Waals surface area contributed by atoms with Crippen LogP contribution in [0.3, 0.4) is 0 Å². The number of piperazine rings is 1. The fourth-order valence-corrected chi connectivity index (χ4v) is 3.97. The number of halogens is 2. The van der Waals surface area contributed by atoms with Gasteiger partial charge in [0.25, 0.3) is 0 Å². The van der Waals surface area contributed by atoms with Gasteiger partial charge in [-0.2, -0.15) is 4.31 Å². The van der Waals surface area contributed by atoms with E-state index in [9.17, 15) is 17.6 Å². The van der Waals surface area contributed by atoms with Crippen molar-refractivity contribution in [1.82, 2.24) is 14.9 Å². The molecular formula is C12H15ClFN3O3S. The molecule has 0 aromatic heterocycles. The number of amides is 1. The van der Waals surface area contributed by atoms with Crippen LogP contribution < -0.4 is 10.6 Å². The minimum Gasteiger partial charge on any atom is -0.358 e. The van der Waals surface area contributed by atoms with Gasteiger partial charge in [0.1, 0.15) is 16.8 Å². The van der Waals surface area contributed by atoms with Crippen molar-refractivity contribution in [3.05, 3.63) is 29.0 Å². The normalized spacial score (nSPS) is 20.2. The molecule has 1 amide bonds.